The van der Waals surface area contributed by atoms with Gasteiger partial charge < -0.3 is 9.84 Å². The van der Waals surface area contributed by atoms with E-state index in [1.165, 1.54) is 6.92 Å². The highest BCUT2D eigenvalue weighted by molar-refractivity contribution is 6.32. The fourth-order valence-corrected chi connectivity index (χ4v) is 2.15. The van der Waals surface area contributed by atoms with Gasteiger partial charge in [0.1, 0.15) is 5.75 Å². The van der Waals surface area contributed by atoms with E-state index in [2.05, 4.69) is 5.10 Å². The van der Waals surface area contributed by atoms with Crippen molar-refractivity contribution in [3.05, 3.63) is 45.6 Å². The number of halogens is 1. The topological polar surface area (TPSA) is 64.4 Å². The minimum Gasteiger partial charge on any atom is -0.478 e. The average molecular weight is 321 g/mol. The predicted octanol–water partition coefficient (Wildman–Crippen LogP) is 3.97. The quantitative estimate of drug-likeness (QED) is 0.866. The molecule has 22 heavy (non-hydrogen) atoms. The van der Waals surface area contributed by atoms with Crippen molar-refractivity contribution in [3.8, 4) is 11.6 Å². The van der Waals surface area contributed by atoms with Gasteiger partial charge in [0.25, 0.3) is 0 Å². The molecule has 0 fully saturated rings. The summed E-state index contributed by atoms with van der Waals surface area (Å²) in [6.45, 7) is 5.36. The van der Waals surface area contributed by atoms with Gasteiger partial charge in [0, 0.05) is 18.2 Å². The SMILES string of the molecule is C/C(=C\c1ccc(Cl)c(Oc2c(C)c(C)nn2C)c1)C(=O)O. The Morgan fingerprint density at radius 2 is 2.09 bits per heavy atom. The zero-order chi connectivity index (χ0) is 16.4. The molecule has 2 aromatic rings. The Kier molecular flexibility index (Phi) is 4.56. The minimum absolute atomic E-state index is 0.237. The zero-order valence-electron chi connectivity index (χ0n) is 12.8. The average Bonchev–Trinajstić information content (AvgIpc) is 2.68. The molecular weight excluding hydrogens is 304 g/mol. The lowest BCUT2D eigenvalue weighted by molar-refractivity contribution is -0.132. The van der Waals surface area contributed by atoms with Gasteiger partial charge in [-0.2, -0.15) is 5.10 Å². The van der Waals surface area contributed by atoms with E-state index in [0.717, 1.165) is 11.3 Å². The maximum Gasteiger partial charge on any atom is 0.331 e. The molecule has 0 aliphatic carbocycles. The van der Waals surface area contributed by atoms with Crippen LogP contribution in [0.25, 0.3) is 6.08 Å². The Labute approximate surface area is 133 Å². The molecule has 1 heterocycles. The standard InChI is InChI=1S/C16H17ClN2O3/c1-9(16(20)21)7-12-5-6-13(17)14(8-12)22-15-10(2)11(3)18-19(15)4/h5-8H,1-4H3,(H,20,21)/b9-7+. The van der Waals surface area contributed by atoms with Crippen molar-refractivity contribution in [2.45, 2.75) is 20.8 Å². The Hall–Kier alpha value is -2.27. The van der Waals surface area contributed by atoms with Crippen molar-refractivity contribution in [3.63, 3.8) is 0 Å². The van der Waals surface area contributed by atoms with Gasteiger partial charge in [-0.15, -0.1) is 0 Å². The number of benzene rings is 1. The van der Waals surface area contributed by atoms with Crippen LogP contribution < -0.4 is 4.74 Å². The van der Waals surface area contributed by atoms with Crippen molar-refractivity contribution in [2.24, 2.45) is 7.05 Å². The summed E-state index contributed by atoms with van der Waals surface area (Å²) in [6.07, 6.45) is 1.56. The number of nitrogens with zero attached hydrogens (tertiary/aromatic N) is 2. The van der Waals surface area contributed by atoms with Crippen molar-refractivity contribution in [1.82, 2.24) is 9.78 Å². The molecule has 0 saturated carbocycles. The molecule has 5 nitrogen and oxygen atoms in total. The Balaban J connectivity index is 2.39. The van der Waals surface area contributed by atoms with Crippen LogP contribution in [-0.4, -0.2) is 20.9 Å². The van der Waals surface area contributed by atoms with Crippen molar-refractivity contribution in [1.29, 1.82) is 0 Å². The van der Waals surface area contributed by atoms with Gasteiger partial charge in [-0.3, -0.25) is 0 Å². The molecule has 0 bridgehead atoms. The molecule has 1 aromatic carbocycles. The largest absolute Gasteiger partial charge is 0.478 e. The van der Waals surface area contributed by atoms with Crippen LogP contribution in [0.5, 0.6) is 11.6 Å². The molecule has 0 spiro atoms. The number of aliphatic carboxylic acids is 1. The Morgan fingerprint density at radius 3 is 2.64 bits per heavy atom. The van der Waals surface area contributed by atoms with Gasteiger partial charge in [0.15, 0.2) is 0 Å². The summed E-state index contributed by atoms with van der Waals surface area (Å²) in [5.74, 6) is 0.103. The molecule has 6 heteroatoms. The van der Waals surface area contributed by atoms with Gasteiger partial charge in [0.2, 0.25) is 5.88 Å². The number of aromatic nitrogens is 2. The van der Waals surface area contributed by atoms with E-state index >= 15 is 0 Å². The highest BCUT2D eigenvalue weighted by atomic mass is 35.5. The molecule has 1 aromatic heterocycles. The fourth-order valence-electron chi connectivity index (χ4n) is 1.99. The first-order valence-electron chi connectivity index (χ1n) is 6.68. The number of hydrogen-bond acceptors (Lipinski definition) is 3. The van der Waals surface area contributed by atoms with E-state index in [-0.39, 0.29) is 5.57 Å². The second kappa shape index (κ2) is 6.23. The molecule has 0 aliphatic heterocycles. The van der Waals surface area contributed by atoms with Crippen molar-refractivity contribution >= 4 is 23.6 Å². The van der Waals surface area contributed by atoms with E-state index in [4.69, 9.17) is 21.4 Å². The summed E-state index contributed by atoms with van der Waals surface area (Å²) >= 11 is 6.17. The number of carboxylic acid groups (broad SMARTS) is 1. The first kappa shape index (κ1) is 16.1. The lowest BCUT2D eigenvalue weighted by Crippen LogP contribution is -1.97. The van der Waals surface area contributed by atoms with Crippen LogP contribution in [0.3, 0.4) is 0 Å². The van der Waals surface area contributed by atoms with E-state index in [1.54, 1.807) is 36.0 Å². The summed E-state index contributed by atoms with van der Waals surface area (Å²) in [4.78, 5) is 10.9. The van der Waals surface area contributed by atoms with Crippen LogP contribution in [0.4, 0.5) is 0 Å². The maximum atomic E-state index is 10.9. The first-order valence-corrected chi connectivity index (χ1v) is 7.06. The smallest absolute Gasteiger partial charge is 0.331 e. The molecule has 0 atom stereocenters. The van der Waals surface area contributed by atoms with E-state index in [0.29, 0.717) is 22.2 Å². The van der Waals surface area contributed by atoms with E-state index in [1.807, 2.05) is 13.8 Å². The number of aryl methyl sites for hydroxylation is 2. The van der Waals surface area contributed by atoms with Crippen LogP contribution in [0, 0.1) is 13.8 Å². The predicted molar refractivity (Wildman–Crippen MR) is 85.5 cm³/mol. The van der Waals surface area contributed by atoms with Crippen LogP contribution >= 0.6 is 11.6 Å². The van der Waals surface area contributed by atoms with Gasteiger partial charge in [0.05, 0.1) is 10.7 Å². The maximum absolute atomic E-state index is 10.9. The highest BCUT2D eigenvalue weighted by Gasteiger charge is 2.13. The van der Waals surface area contributed by atoms with Crippen LogP contribution in [0.1, 0.15) is 23.7 Å². The first-order chi connectivity index (χ1) is 10.3. The monoisotopic (exact) mass is 320 g/mol. The third-order valence-corrected chi connectivity index (χ3v) is 3.65. The van der Waals surface area contributed by atoms with Crippen molar-refractivity contribution in [2.75, 3.05) is 0 Å². The third kappa shape index (κ3) is 3.31. The molecule has 2 rings (SSSR count). The molecule has 0 aliphatic rings. The summed E-state index contributed by atoms with van der Waals surface area (Å²) in [6, 6.07) is 5.12. The van der Waals surface area contributed by atoms with Gasteiger partial charge in [-0.05, 0) is 44.5 Å². The molecular formula is C16H17ClN2O3. The number of hydrogen-bond donors (Lipinski definition) is 1. The van der Waals surface area contributed by atoms with Crippen LogP contribution in [0.2, 0.25) is 5.02 Å². The molecule has 1 N–H and O–H groups in total. The lowest BCUT2D eigenvalue weighted by atomic mass is 10.1. The molecule has 0 amide bonds. The highest BCUT2D eigenvalue weighted by Crippen LogP contribution is 2.33. The number of carbonyl (C=O) groups is 1. The van der Waals surface area contributed by atoms with Gasteiger partial charge >= 0.3 is 5.97 Å². The van der Waals surface area contributed by atoms with Crippen LogP contribution in [0.15, 0.2) is 23.8 Å². The number of ether oxygens (including phenoxy) is 1. The molecule has 0 radical (unpaired) electrons. The third-order valence-electron chi connectivity index (χ3n) is 3.34. The van der Waals surface area contributed by atoms with Crippen LogP contribution in [-0.2, 0) is 11.8 Å². The summed E-state index contributed by atoms with van der Waals surface area (Å²) in [7, 11) is 1.79. The van der Waals surface area contributed by atoms with Gasteiger partial charge in [-0.1, -0.05) is 17.7 Å². The molecule has 0 saturated heterocycles. The lowest BCUT2D eigenvalue weighted by Gasteiger charge is -2.09. The second-order valence-corrected chi connectivity index (χ2v) is 5.47. The number of carboxylic acids is 1. The summed E-state index contributed by atoms with van der Waals surface area (Å²) in [5.41, 5.74) is 2.75. The van der Waals surface area contributed by atoms with E-state index in [9.17, 15) is 4.79 Å². The van der Waals surface area contributed by atoms with Gasteiger partial charge in [-0.25, -0.2) is 9.48 Å². The fraction of sp³-hybridized carbons (Fsp3) is 0.250. The Morgan fingerprint density at radius 1 is 1.41 bits per heavy atom. The summed E-state index contributed by atoms with van der Waals surface area (Å²) in [5, 5.41) is 13.7. The zero-order valence-corrected chi connectivity index (χ0v) is 13.6. The second-order valence-electron chi connectivity index (χ2n) is 5.06. The van der Waals surface area contributed by atoms with E-state index < -0.39 is 5.97 Å². The van der Waals surface area contributed by atoms with Crippen molar-refractivity contribution < 1.29 is 14.6 Å². The molecule has 116 valence electrons. The normalized spacial score (nSPS) is 11.6. The summed E-state index contributed by atoms with van der Waals surface area (Å²) < 4.78 is 7.51. The number of rotatable bonds is 4. The Bertz CT molecular complexity index is 763. The minimum atomic E-state index is -0.962. The molecule has 0 unspecified atom stereocenters.